The minimum absolute atomic E-state index is 0.249. The van der Waals surface area contributed by atoms with Crippen molar-refractivity contribution in [3.63, 3.8) is 0 Å². The summed E-state index contributed by atoms with van der Waals surface area (Å²) in [7, 11) is 0. The maximum atomic E-state index is 13.1. The lowest BCUT2D eigenvalue weighted by atomic mass is 10.1. The van der Waals surface area contributed by atoms with Crippen LogP contribution in [-0.2, 0) is 0 Å². The third-order valence-corrected chi connectivity index (χ3v) is 4.05. The summed E-state index contributed by atoms with van der Waals surface area (Å²) in [4.78, 5) is 0.835. The molecule has 1 aromatic heterocycles. The van der Waals surface area contributed by atoms with Crippen LogP contribution in [0, 0.1) is 5.82 Å². The molecular weight excluding hydrogens is 247 g/mol. The third kappa shape index (κ3) is 2.03. The van der Waals surface area contributed by atoms with Crippen molar-refractivity contribution in [3.8, 4) is 0 Å². The number of hydrogen-bond donors (Lipinski definition) is 1. The van der Waals surface area contributed by atoms with Crippen molar-refractivity contribution in [1.29, 1.82) is 0 Å². The zero-order valence-corrected chi connectivity index (χ0v) is 10.3. The molecule has 90 valence electrons. The van der Waals surface area contributed by atoms with Gasteiger partial charge in [-0.05, 0) is 35.2 Å². The topological polar surface area (TPSA) is 20.2 Å². The van der Waals surface area contributed by atoms with Gasteiger partial charge in [0.1, 0.15) is 11.9 Å². The third-order valence-electron chi connectivity index (χ3n) is 2.88. The monoisotopic (exact) mass is 258 g/mol. The average Bonchev–Trinajstić information content (AvgIpc) is 2.81. The first-order valence-corrected chi connectivity index (χ1v) is 6.48. The second-order valence-corrected chi connectivity index (χ2v) is 5.26. The molecule has 1 nitrogen and oxygen atoms in total. The molecule has 1 unspecified atom stereocenters. The minimum atomic E-state index is -0.647. The molecule has 0 bridgehead atoms. The molecule has 0 saturated heterocycles. The van der Waals surface area contributed by atoms with Gasteiger partial charge in [0.2, 0.25) is 0 Å². The van der Waals surface area contributed by atoms with Crippen LogP contribution in [0.2, 0.25) is 0 Å². The van der Waals surface area contributed by atoms with E-state index in [1.54, 1.807) is 6.07 Å². The van der Waals surface area contributed by atoms with Crippen molar-refractivity contribution in [3.05, 3.63) is 70.9 Å². The van der Waals surface area contributed by atoms with Crippen LogP contribution < -0.4 is 0 Å². The molecule has 0 aliphatic rings. The van der Waals surface area contributed by atoms with Gasteiger partial charge in [0.05, 0.1) is 0 Å². The largest absolute Gasteiger partial charge is 0.383 e. The van der Waals surface area contributed by atoms with Gasteiger partial charge in [-0.2, -0.15) is 0 Å². The van der Waals surface area contributed by atoms with Gasteiger partial charge in [-0.1, -0.05) is 30.3 Å². The molecule has 3 aromatic rings. The highest BCUT2D eigenvalue weighted by Crippen LogP contribution is 2.33. The van der Waals surface area contributed by atoms with E-state index in [2.05, 4.69) is 0 Å². The van der Waals surface area contributed by atoms with Crippen LogP contribution in [0.1, 0.15) is 16.5 Å². The summed E-state index contributed by atoms with van der Waals surface area (Å²) in [6, 6.07) is 16.0. The van der Waals surface area contributed by atoms with E-state index in [4.69, 9.17) is 0 Å². The zero-order valence-electron chi connectivity index (χ0n) is 9.51. The molecule has 1 N–H and O–H groups in total. The van der Waals surface area contributed by atoms with Gasteiger partial charge in [-0.3, -0.25) is 0 Å². The fourth-order valence-corrected chi connectivity index (χ4v) is 3.03. The number of benzene rings is 2. The highest BCUT2D eigenvalue weighted by Gasteiger charge is 2.13. The smallest absolute Gasteiger partial charge is 0.123 e. The molecule has 3 heteroatoms. The highest BCUT2D eigenvalue weighted by molar-refractivity contribution is 7.19. The van der Waals surface area contributed by atoms with Crippen LogP contribution in [0.3, 0.4) is 0 Å². The number of aliphatic hydroxyl groups excluding tert-OH is 1. The molecule has 0 fully saturated rings. The van der Waals surface area contributed by atoms with Crippen molar-refractivity contribution in [2.24, 2.45) is 0 Å². The molecule has 18 heavy (non-hydrogen) atoms. The molecule has 0 radical (unpaired) electrons. The Kier molecular flexibility index (Phi) is 2.86. The second-order valence-electron chi connectivity index (χ2n) is 4.14. The second kappa shape index (κ2) is 4.52. The Morgan fingerprint density at radius 1 is 1.00 bits per heavy atom. The van der Waals surface area contributed by atoms with E-state index in [9.17, 15) is 9.50 Å². The van der Waals surface area contributed by atoms with Crippen molar-refractivity contribution in [2.45, 2.75) is 6.10 Å². The lowest BCUT2D eigenvalue weighted by Gasteiger charge is -2.07. The van der Waals surface area contributed by atoms with Crippen LogP contribution >= 0.6 is 11.3 Å². The van der Waals surface area contributed by atoms with Gasteiger partial charge in [0.15, 0.2) is 0 Å². The number of aliphatic hydroxyl groups is 1. The van der Waals surface area contributed by atoms with E-state index in [0.29, 0.717) is 0 Å². The molecule has 0 aliphatic heterocycles. The van der Waals surface area contributed by atoms with Gasteiger partial charge < -0.3 is 5.11 Å². The molecule has 0 aliphatic carbocycles. The zero-order chi connectivity index (χ0) is 12.5. The van der Waals surface area contributed by atoms with Gasteiger partial charge in [-0.15, -0.1) is 11.3 Å². The summed E-state index contributed by atoms with van der Waals surface area (Å²) in [5.41, 5.74) is 0.851. The number of fused-ring (bicyclic) bond motifs is 1. The Labute approximate surface area is 108 Å². The molecule has 1 heterocycles. The summed E-state index contributed by atoms with van der Waals surface area (Å²) in [5, 5.41) is 11.1. The van der Waals surface area contributed by atoms with Crippen molar-refractivity contribution >= 4 is 21.4 Å². The fourth-order valence-electron chi connectivity index (χ4n) is 1.97. The Bertz CT molecular complexity index is 675. The molecule has 3 rings (SSSR count). The average molecular weight is 258 g/mol. The van der Waals surface area contributed by atoms with Crippen LogP contribution in [0.5, 0.6) is 0 Å². The van der Waals surface area contributed by atoms with Gasteiger partial charge in [-0.25, -0.2) is 4.39 Å². The van der Waals surface area contributed by atoms with E-state index in [1.165, 1.54) is 23.5 Å². The summed E-state index contributed by atoms with van der Waals surface area (Å²) in [6.07, 6.45) is -0.647. The van der Waals surface area contributed by atoms with Gasteiger partial charge in [0, 0.05) is 9.58 Å². The normalized spacial score (nSPS) is 12.8. The Morgan fingerprint density at radius 3 is 2.56 bits per heavy atom. The quantitative estimate of drug-likeness (QED) is 0.733. The number of hydrogen-bond acceptors (Lipinski definition) is 2. The van der Waals surface area contributed by atoms with E-state index in [-0.39, 0.29) is 5.82 Å². The summed E-state index contributed by atoms with van der Waals surface area (Å²) in [6.45, 7) is 0. The Morgan fingerprint density at radius 2 is 1.78 bits per heavy atom. The SMILES string of the molecule is OC(c1ccccc1)c1cc2cc(F)ccc2s1. The number of rotatable bonds is 2. The number of halogens is 1. The predicted octanol–water partition coefficient (Wildman–Crippen LogP) is 4.12. The standard InChI is InChI=1S/C15H11FOS/c16-12-6-7-13-11(8-12)9-14(18-13)15(17)10-4-2-1-3-5-10/h1-9,15,17H. The molecule has 1 atom stereocenters. The first-order valence-electron chi connectivity index (χ1n) is 5.66. The maximum absolute atomic E-state index is 13.1. The predicted molar refractivity (Wildman–Crippen MR) is 72.3 cm³/mol. The van der Waals surface area contributed by atoms with Crippen molar-refractivity contribution < 1.29 is 9.50 Å². The molecular formula is C15H11FOS. The minimum Gasteiger partial charge on any atom is -0.383 e. The molecule has 0 spiro atoms. The lowest BCUT2D eigenvalue weighted by molar-refractivity contribution is 0.224. The first kappa shape index (κ1) is 11.4. The summed E-state index contributed by atoms with van der Waals surface area (Å²) in [5.74, 6) is -0.249. The summed E-state index contributed by atoms with van der Waals surface area (Å²) < 4.78 is 14.1. The van der Waals surface area contributed by atoms with Crippen LogP contribution in [0.4, 0.5) is 4.39 Å². The first-order chi connectivity index (χ1) is 8.74. The van der Waals surface area contributed by atoms with Crippen molar-refractivity contribution in [2.75, 3.05) is 0 Å². The lowest BCUT2D eigenvalue weighted by Crippen LogP contribution is -1.95. The fraction of sp³-hybridized carbons (Fsp3) is 0.0667. The van der Waals surface area contributed by atoms with E-state index < -0.39 is 6.10 Å². The Balaban J connectivity index is 2.04. The molecule has 2 aromatic carbocycles. The Hall–Kier alpha value is -1.71. The number of thiophene rings is 1. The van der Waals surface area contributed by atoms with E-state index in [1.807, 2.05) is 36.4 Å². The van der Waals surface area contributed by atoms with E-state index in [0.717, 1.165) is 20.5 Å². The van der Waals surface area contributed by atoms with Crippen LogP contribution in [0.25, 0.3) is 10.1 Å². The maximum Gasteiger partial charge on any atom is 0.123 e. The van der Waals surface area contributed by atoms with Gasteiger partial charge in [0.25, 0.3) is 0 Å². The molecule has 0 amide bonds. The van der Waals surface area contributed by atoms with E-state index >= 15 is 0 Å². The highest BCUT2D eigenvalue weighted by atomic mass is 32.1. The van der Waals surface area contributed by atoms with Crippen LogP contribution in [-0.4, -0.2) is 5.11 Å². The summed E-state index contributed by atoms with van der Waals surface area (Å²) >= 11 is 1.49. The van der Waals surface area contributed by atoms with Crippen LogP contribution in [0.15, 0.2) is 54.6 Å². The van der Waals surface area contributed by atoms with Crippen molar-refractivity contribution in [1.82, 2.24) is 0 Å². The van der Waals surface area contributed by atoms with Gasteiger partial charge >= 0.3 is 0 Å². The molecule has 0 saturated carbocycles.